The van der Waals surface area contributed by atoms with Crippen molar-refractivity contribution in [2.24, 2.45) is 0 Å². The van der Waals surface area contributed by atoms with Crippen LogP contribution in [0, 0.1) is 11.5 Å². The van der Waals surface area contributed by atoms with Gasteiger partial charge < -0.3 is 0 Å². The van der Waals surface area contributed by atoms with Gasteiger partial charge in [-0.25, -0.2) is 4.68 Å². The maximum atomic E-state index is 9.55. The predicted molar refractivity (Wildman–Crippen MR) is 93.8 cm³/mol. The van der Waals surface area contributed by atoms with Gasteiger partial charge in [-0.15, -0.1) is 0 Å². The largest absolute Gasteiger partial charge is 0.273 e. The fourth-order valence-corrected chi connectivity index (χ4v) is 3.37. The Bertz CT molecular complexity index is 875. The molecule has 0 spiro atoms. The Morgan fingerprint density at radius 1 is 1.00 bits per heavy atom. The molecule has 0 aliphatic heterocycles. The minimum Gasteiger partial charge on any atom is -0.273 e. The van der Waals surface area contributed by atoms with Gasteiger partial charge >= 0.3 is 0 Å². The van der Waals surface area contributed by atoms with E-state index in [4.69, 9.17) is 5.10 Å². The maximum Gasteiger partial charge on any atom is 0.184 e. The second kappa shape index (κ2) is 6.21. The van der Waals surface area contributed by atoms with Gasteiger partial charge in [0.05, 0.1) is 23.6 Å². The normalized spacial score (nSPS) is 12.6. The van der Waals surface area contributed by atoms with Crippen molar-refractivity contribution in [1.82, 2.24) is 9.78 Å². The number of anilines is 1. The lowest BCUT2D eigenvalue weighted by atomic mass is 10.2. The molecule has 3 aromatic rings. The summed E-state index contributed by atoms with van der Waals surface area (Å²) in [7, 11) is 0. The third-order valence-corrected chi connectivity index (χ3v) is 4.51. The number of aromatic nitrogens is 2. The van der Waals surface area contributed by atoms with E-state index in [9.17, 15) is 5.26 Å². The molecule has 0 N–H and O–H groups in total. The van der Waals surface area contributed by atoms with Gasteiger partial charge in [-0.2, -0.15) is 10.4 Å². The summed E-state index contributed by atoms with van der Waals surface area (Å²) in [5, 5.41) is 14.4. The third-order valence-electron chi connectivity index (χ3n) is 4.51. The maximum absolute atomic E-state index is 9.55. The summed E-state index contributed by atoms with van der Waals surface area (Å²) in [4.78, 5) is 1.70. The molecule has 1 aliphatic carbocycles. The number of hydrogen-bond acceptors (Lipinski definition) is 3. The second-order valence-corrected chi connectivity index (χ2v) is 5.99. The quantitative estimate of drug-likeness (QED) is 0.543. The highest BCUT2D eigenvalue weighted by molar-refractivity contribution is 5.51. The van der Waals surface area contributed by atoms with Crippen molar-refractivity contribution in [1.29, 1.82) is 5.26 Å². The van der Waals surface area contributed by atoms with Gasteiger partial charge in [0.25, 0.3) is 0 Å². The molecule has 4 rings (SSSR count). The van der Waals surface area contributed by atoms with Gasteiger partial charge in [-0.1, -0.05) is 36.4 Å². The van der Waals surface area contributed by atoms with Crippen molar-refractivity contribution >= 4 is 5.69 Å². The lowest BCUT2D eigenvalue weighted by Crippen LogP contribution is -2.17. The van der Waals surface area contributed by atoms with Crippen molar-refractivity contribution in [3.05, 3.63) is 77.6 Å². The van der Waals surface area contributed by atoms with E-state index >= 15 is 0 Å². The van der Waals surface area contributed by atoms with Crippen LogP contribution in [-0.4, -0.2) is 9.78 Å². The smallest absolute Gasteiger partial charge is 0.184 e. The molecule has 24 heavy (non-hydrogen) atoms. The summed E-state index contributed by atoms with van der Waals surface area (Å²) in [6.45, 7) is 0.517. The molecule has 1 aromatic heterocycles. The number of para-hydroxylation sites is 2. The summed E-state index contributed by atoms with van der Waals surface area (Å²) in [6.07, 6.45) is 5.55. The highest BCUT2D eigenvalue weighted by atomic mass is 15.3. The zero-order valence-corrected chi connectivity index (χ0v) is 13.4. The lowest BCUT2D eigenvalue weighted by Gasteiger charge is -2.14. The number of benzene rings is 2. The molecule has 4 heteroatoms. The number of nitriles is 1. The van der Waals surface area contributed by atoms with Gasteiger partial charge in [0.2, 0.25) is 0 Å². The monoisotopic (exact) mass is 314 g/mol. The first-order valence-electron chi connectivity index (χ1n) is 8.24. The Labute approximate surface area is 141 Å². The molecule has 118 valence electrons. The Balaban J connectivity index is 1.71. The molecule has 0 bridgehead atoms. The van der Waals surface area contributed by atoms with Crippen molar-refractivity contribution in [2.75, 3.05) is 4.90 Å². The Kier molecular flexibility index (Phi) is 3.76. The summed E-state index contributed by atoms with van der Waals surface area (Å²) in [6, 6.07) is 20.0. The standard InChI is InChI=1S/C20H18N4/c21-15-23(16-8-3-1-4-9-16)14-19-18-12-7-13-20(18)24(22-19)17-10-5-2-6-11-17/h1-6,8-11H,7,12-14H2. The third kappa shape index (κ3) is 2.55. The molecule has 2 aromatic carbocycles. The molecule has 1 aliphatic rings. The van der Waals surface area contributed by atoms with Crippen molar-refractivity contribution in [3.63, 3.8) is 0 Å². The van der Waals surface area contributed by atoms with Gasteiger partial charge in [-0.05, 0) is 49.1 Å². The number of hydrogen-bond donors (Lipinski definition) is 0. The van der Waals surface area contributed by atoms with E-state index in [2.05, 4.69) is 23.0 Å². The Hall–Kier alpha value is -3.06. The zero-order chi connectivity index (χ0) is 16.4. The lowest BCUT2D eigenvalue weighted by molar-refractivity contribution is 0.754. The summed E-state index contributed by atoms with van der Waals surface area (Å²) < 4.78 is 2.05. The van der Waals surface area contributed by atoms with E-state index in [0.29, 0.717) is 6.54 Å². The van der Waals surface area contributed by atoms with Crippen LogP contribution in [0.2, 0.25) is 0 Å². The highest BCUT2D eigenvalue weighted by Gasteiger charge is 2.24. The summed E-state index contributed by atoms with van der Waals surface area (Å²) >= 11 is 0. The molecule has 0 unspecified atom stereocenters. The van der Waals surface area contributed by atoms with Gasteiger partial charge in [0.1, 0.15) is 0 Å². The van der Waals surface area contributed by atoms with Crippen LogP contribution in [-0.2, 0) is 19.4 Å². The van der Waals surface area contributed by atoms with E-state index in [0.717, 1.165) is 36.3 Å². The Morgan fingerprint density at radius 2 is 1.71 bits per heavy atom. The second-order valence-electron chi connectivity index (χ2n) is 5.99. The number of fused-ring (bicyclic) bond motifs is 1. The van der Waals surface area contributed by atoms with Crippen LogP contribution in [0.25, 0.3) is 5.69 Å². The van der Waals surface area contributed by atoms with Crippen LogP contribution in [0.4, 0.5) is 5.69 Å². The van der Waals surface area contributed by atoms with E-state index in [1.165, 1.54) is 11.3 Å². The average molecular weight is 314 g/mol. The molecular formula is C20H18N4. The molecule has 0 radical (unpaired) electrons. The Morgan fingerprint density at radius 3 is 2.42 bits per heavy atom. The molecule has 4 nitrogen and oxygen atoms in total. The van der Waals surface area contributed by atoms with E-state index in [-0.39, 0.29) is 0 Å². The number of rotatable bonds is 4. The molecule has 0 saturated carbocycles. The van der Waals surface area contributed by atoms with Crippen LogP contribution in [0.15, 0.2) is 60.7 Å². The van der Waals surface area contributed by atoms with E-state index in [1.807, 2.05) is 48.5 Å². The van der Waals surface area contributed by atoms with Gasteiger partial charge in [0, 0.05) is 5.69 Å². The van der Waals surface area contributed by atoms with Crippen LogP contribution >= 0.6 is 0 Å². The molecular weight excluding hydrogens is 296 g/mol. The zero-order valence-electron chi connectivity index (χ0n) is 13.4. The van der Waals surface area contributed by atoms with Crippen LogP contribution < -0.4 is 4.90 Å². The molecule has 1 heterocycles. The number of nitrogens with zero attached hydrogens (tertiary/aromatic N) is 4. The minimum atomic E-state index is 0.517. The van der Waals surface area contributed by atoms with Crippen molar-refractivity contribution in [2.45, 2.75) is 25.8 Å². The first-order valence-corrected chi connectivity index (χ1v) is 8.24. The van der Waals surface area contributed by atoms with Crippen LogP contribution in [0.3, 0.4) is 0 Å². The predicted octanol–water partition coefficient (Wildman–Crippen LogP) is 3.85. The van der Waals surface area contributed by atoms with Crippen molar-refractivity contribution < 1.29 is 0 Å². The van der Waals surface area contributed by atoms with E-state index < -0.39 is 0 Å². The fraction of sp³-hybridized carbons (Fsp3) is 0.200. The molecule has 0 saturated heterocycles. The average Bonchev–Trinajstić information content (AvgIpc) is 3.24. The fourth-order valence-electron chi connectivity index (χ4n) is 3.37. The topological polar surface area (TPSA) is 44.9 Å². The van der Waals surface area contributed by atoms with Crippen molar-refractivity contribution in [3.8, 4) is 11.9 Å². The molecule has 0 fully saturated rings. The summed E-state index contributed by atoms with van der Waals surface area (Å²) in [5.41, 5.74) is 5.61. The van der Waals surface area contributed by atoms with Crippen LogP contribution in [0.5, 0.6) is 0 Å². The minimum absolute atomic E-state index is 0.517. The van der Waals surface area contributed by atoms with E-state index in [1.54, 1.807) is 4.90 Å². The first-order chi connectivity index (χ1) is 11.9. The molecule has 0 atom stereocenters. The molecule has 0 amide bonds. The van der Waals surface area contributed by atoms with Crippen LogP contribution in [0.1, 0.15) is 23.4 Å². The summed E-state index contributed by atoms with van der Waals surface area (Å²) in [5.74, 6) is 0. The highest BCUT2D eigenvalue weighted by Crippen LogP contribution is 2.29. The van der Waals surface area contributed by atoms with Gasteiger partial charge in [-0.3, -0.25) is 4.90 Å². The first kappa shape index (κ1) is 14.5. The van der Waals surface area contributed by atoms with Gasteiger partial charge in [0.15, 0.2) is 6.19 Å². The SMILES string of the molecule is N#CN(Cc1nn(-c2ccccc2)c2c1CCC2)c1ccccc1.